The number of hydrogen-bond donors (Lipinski definition) is 0. The molecule has 0 aliphatic carbocycles. The lowest BCUT2D eigenvalue weighted by atomic mass is 10.2. The quantitative estimate of drug-likeness (QED) is 0.422. The van der Waals surface area contributed by atoms with Gasteiger partial charge in [0.15, 0.2) is 11.5 Å². The maximum atomic E-state index is 6.12. The number of aliphatic imine (C=N–C) groups is 1. The summed E-state index contributed by atoms with van der Waals surface area (Å²) in [6.45, 7) is 4.81. The first kappa shape index (κ1) is 18.9. The third-order valence-corrected chi connectivity index (χ3v) is 4.13. The summed E-state index contributed by atoms with van der Waals surface area (Å²) in [5, 5.41) is 1.24. The number of halogens is 3. The van der Waals surface area contributed by atoms with Crippen molar-refractivity contribution in [3.8, 4) is 11.5 Å². The highest BCUT2D eigenvalue weighted by atomic mass is 35.5. The summed E-state index contributed by atoms with van der Waals surface area (Å²) >= 11 is 18.0. The van der Waals surface area contributed by atoms with Crippen molar-refractivity contribution in [2.75, 3.05) is 13.7 Å². The molecule has 0 heterocycles. The molecule has 2 aromatic rings. The normalized spacial score (nSPS) is 11.3. The molecule has 0 bridgehead atoms. The molecule has 2 aromatic carbocycles. The van der Waals surface area contributed by atoms with E-state index in [4.69, 9.17) is 44.3 Å². The number of nitrogens with zero attached hydrogens (tertiary/aromatic N) is 1. The Balaban J connectivity index is 2.22. The van der Waals surface area contributed by atoms with Gasteiger partial charge in [-0.2, -0.15) is 0 Å². The fraction of sp³-hybridized carbons (Fsp3) is 0.278. The van der Waals surface area contributed by atoms with Crippen molar-refractivity contribution >= 4 is 46.7 Å². The van der Waals surface area contributed by atoms with Crippen LogP contribution in [0.2, 0.25) is 15.1 Å². The Morgan fingerprint density at radius 1 is 1.00 bits per heavy atom. The van der Waals surface area contributed by atoms with E-state index >= 15 is 0 Å². The van der Waals surface area contributed by atoms with Crippen LogP contribution in [0.25, 0.3) is 0 Å². The Hall–Kier alpha value is -1.42. The molecule has 0 aromatic heterocycles. The van der Waals surface area contributed by atoms with Crippen LogP contribution in [-0.2, 0) is 0 Å². The van der Waals surface area contributed by atoms with Gasteiger partial charge in [-0.25, -0.2) is 0 Å². The summed E-state index contributed by atoms with van der Waals surface area (Å²) in [4.78, 5) is 4.36. The van der Waals surface area contributed by atoms with E-state index in [0.29, 0.717) is 44.8 Å². The highest BCUT2D eigenvalue weighted by Crippen LogP contribution is 2.34. The van der Waals surface area contributed by atoms with Crippen LogP contribution in [0.3, 0.4) is 0 Å². The smallest absolute Gasteiger partial charge is 0.161 e. The molecule has 0 aliphatic rings. The van der Waals surface area contributed by atoms with Crippen molar-refractivity contribution in [3.05, 3.63) is 51.0 Å². The average Bonchev–Trinajstić information content (AvgIpc) is 2.55. The Bertz CT molecular complexity index is 745. The molecule has 0 aliphatic heterocycles. The number of ether oxygens (including phenoxy) is 2. The van der Waals surface area contributed by atoms with Crippen molar-refractivity contribution in [1.82, 2.24) is 0 Å². The second-order valence-corrected chi connectivity index (χ2v) is 6.81. The SMILES string of the molecule is COc1cc(C=Nc2cc(Cl)c(Cl)cc2Cl)ccc1OCC(C)C. The van der Waals surface area contributed by atoms with Crippen molar-refractivity contribution in [1.29, 1.82) is 0 Å². The van der Waals surface area contributed by atoms with Gasteiger partial charge < -0.3 is 9.47 Å². The second-order valence-electron chi connectivity index (χ2n) is 5.59. The molecule has 0 saturated carbocycles. The molecule has 0 unspecified atom stereocenters. The summed E-state index contributed by atoms with van der Waals surface area (Å²) in [5.41, 5.74) is 1.40. The largest absolute Gasteiger partial charge is 0.493 e. The predicted molar refractivity (Wildman–Crippen MR) is 102 cm³/mol. The van der Waals surface area contributed by atoms with Crippen LogP contribution >= 0.6 is 34.8 Å². The van der Waals surface area contributed by atoms with Crippen molar-refractivity contribution in [2.45, 2.75) is 13.8 Å². The molecular formula is C18H18Cl3NO2. The van der Waals surface area contributed by atoms with Crippen LogP contribution in [0.15, 0.2) is 35.3 Å². The van der Waals surface area contributed by atoms with Crippen LogP contribution in [0.1, 0.15) is 19.4 Å². The lowest BCUT2D eigenvalue weighted by Gasteiger charge is -2.12. The molecule has 128 valence electrons. The maximum Gasteiger partial charge on any atom is 0.161 e. The predicted octanol–water partition coefficient (Wildman–Crippen LogP) is 6.44. The van der Waals surface area contributed by atoms with Crippen molar-refractivity contribution in [2.24, 2.45) is 10.9 Å². The molecule has 0 atom stereocenters. The standard InChI is InChI=1S/C18H18Cl3NO2/c1-11(2)10-24-17-5-4-12(6-18(17)23-3)9-22-16-8-14(20)13(19)7-15(16)21/h4-9,11H,10H2,1-3H3. The minimum atomic E-state index is 0.397. The number of rotatable bonds is 6. The Morgan fingerprint density at radius 2 is 1.71 bits per heavy atom. The number of benzene rings is 2. The van der Waals surface area contributed by atoms with Gasteiger partial charge in [-0.1, -0.05) is 48.7 Å². The Morgan fingerprint density at radius 3 is 2.38 bits per heavy atom. The van der Waals surface area contributed by atoms with Crippen LogP contribution in [0, 0.1) is 5.92 Å². The highest BCUT2D eigenvalue weighted by Gasteiger charge is 2.07. The summed E-state index contributed by atoms with van der Waals surface area (Å²) in [6, 6.07) is 8.80. The molecule has 0 spiro atoms. The van der Waals surface area contributed by atoms with E-state index in [2.05, 4.69) is 18.8 Å². The number of hydrogen-bond acceptors (Lipinski definition) is 3. The Labute approximate surface area is 157 Å². The zero-order valence-electron chi connectivity index (χ0n) is 13.6. The van der Waals surface area contributed by atoms with Gasteiger partial charge in [-0.3, -0.25) is 4.99 Å². The highest BCUT2D eigenvalue weighted by molar-refractivity contribution is 6.43. The molecule has 0 saturated heterocycles. The molecule has 2 rings (SSSR count). The van der Waals surface area contributed by atoms with Crippen LogP contribution in [0.5, 0.6) is 11.5 Å². The lowest BCUT2D eigenvalue weighted by Crippen LogP contribution is -2.05. The van der Waals surface area contributed by atoms with Gasteiger partial charge in [0.2, 0.25) is 0 Å². The average molecular weight is 387 g/mol. The van der Waals surface area contributed by atoms with E-state index in [-0.39, 0.29) is 0 Å². The maximum absolute atomic E-state index is 6.12. The fourth-order valence-corrected chi connectivity index (χ4v) is 2.49. The molecule has 3 nitrogen and oxygen atoms in total. The van der Waals surface area contributed by atoms with Crippen LogP contribution in [-0.4, -0.2) is 19.9 Å². The van der Waals surface area contributed by atoms with E-state index in [1.807, 2.05) is 18.2 Å². The van der Waals surface area contributed by atoms with E-state index in [0.717, 1.165) is 5.56 Å². The minimum absolute atomic E-state index is 0.397. The van der Waals surface area contributed by atoms with E-state index in [1.165, 1.54) is 0 Å². The topological polar surface area (TPSA) is 30.8 Å². The molecule has 0 N–H and O–H groups in total. The van der Waals surface area contributed by atoms with Crippen molar-refractivity contribution < 1.29 is 9.47 Å². The third-order valence-electron chi connectivity index (χ3n) is 3.10. The van der Waals surface area contributed by atoms with Gasteiger partial charge in [-0.05, 0) is 41.8 Å². The summed E-state index contributed by atoms with van der Waals surface area (Å²) < 4.78 is 11.1. The Kier molecular flexibility index (Phi) is 6.79. The second kappa shape index (κ2) is 8.61. The van der Waals surface area contributed by atoms with Gasteiger partial charge in [0.05, 0.1) is 34.5 Å². The van der Waals surface area contributed by atoms with E-state index in [1.54, 1.807) is 25.5 Å². The lowest BCUT2D eigenvalue weighted by molar-refractivity contribution is 0.257. The molecular weight excluding hydrogens is 369 g/mol. The van der Waals surface area contributed by atoms with Crippen molar-refractivity contribution in [3.63, 3.8) is 0 Å². The molecule has 6 heteroatoms. The molecule has 24 heavy (non-hydrogen) atoms. The third kappa shape index (κ3) is 5.04. The minimum Gasteiger partial charge on any atom is -0.493 e. The molecule has 0 fully saturated rings. The molecule has 0 radical (unpaired) electrons. The van der Waals surface area contributed by atoms with Gasteiger partial charge in [0.1, 0.15) is 0 Å². The van der Waals surface area contributed by atoms with E-state index in [9.17, 15) is 0 Å². The molecule has 0 amide bonds. The van der Waals surface area contributed by atoms with Gasteiger partial charge in [0, 0.05) is 6.21 Å². The van der Waals surface area contributed by atoms with Gasteiger partial charge in [0.25, 0.3) is 0 Å². The zero-order chi connectivity index (χ0) is 17.7. The van der Waals surface area contributed by atoms with Crippen LogP contribution < -0.4 is 9.47 Å². The first-order valence-electron chi connectivity index (χ1n) is 7.40. The zero-order valence-corrected chi connectivity index (χ0v) is 15.9. The summed E-state index contributed by atoms with van der Waals surface area (Å²) in [6.07, 6.45) is 1.68. The first-order chi connectivity index (χ1) is 11.4. The van der Waals surface area contributed by atoms with E-state index < -0.39 is 0 Å². The monoisotopic (exact) mass is 385 g/mol. The fourth-order valence-electron chi connectivity index (χ4n) is 1.90. The number of methoxy groups -OCH3 is 1. The first-order valence-corrected chi connectivity index (χ1v) is 8.53. The van der Waals surface area contributed by atoms with Crippen LogP contribution in [0.4, 0.5) is 5.69 Å². The summed E-state index contributed by atoms with van der Waals surface area (Å²) in [5.74, 6) is 1.79. The summed E-state index contributed by atoms with van der Waals surface area (Å²) in [7, 11) is 1.61. The van der Waals surface area contributed by atoms with Gasteiger partial charge in [-0.15, -0.1) is 0 Å². The van der Waals surface area contributed by atoms with Gasteiger partial charge >= 0.3 is 0 Å².